The Balaban J connectivity index is 0.000000292. The smallest absolute Gasteiger partial charge is 0.0402 e. The van der Waals surface area contributed by atoms with E-state index >= 15 is 0 Å². The quantitative estimate of drug-likeness (QED) is 0.579. The minimum atomic E-state index is 0.250. The van der Waals surface area contributed by atoms with Gasteiger partial charge in [0.05, 0.1) is 0 Å². The lowest BCUT2D eigenvalue weighted by atomic mass is 9.72. The number of rotatable bonds is 1. The Morgan fingerprint density at radius 1 is 1.55 bits per heavy atom. The van der Waals surface area contributed by atoms with Crippen LogP contribution in [0.3, 0.4) is 0 Å². The maximum absolute atomic E-state index is 7.57. The van der Waals surface area contributed by atoms with E-state index in [1.807, 2.05) is 0 Å². The fraction of sp³-hybridized carbons (Fsp3) is 0.800. The van der Waals surface area contributed by atoms with Crippen molar-refractivity contribution in [2.45, 2.75) is 33.6 Å². The van der Waals surface area contributed by atoms with Crippen LogP contribution >= 0.6 is 0 Å². The summed E-state index contributed by atoms with van der Waals surface area (Å²) in [6, 6.07) is 0. The van der Waals surface area contributed by atoms with E-state index in [4.69, 9.17) is 5.11 Å². The van der Waals surface area contributed by atoms with Gasteiger partial charge in [0.1, 0.15) is 0 Å². The maximum atomic E-state index is 7.57. The average molecular weight is 156 g/mol. The summed E-state index contributed by atoms with van der Waals surface area (Å²) < 4.78 is 0. The fourth-order valence-corrected chi connectivity index (χ4v) is 1.40. The van der Waals surface area contributed by atoms with Crippen LogP contribution in [0.25, 0.3) is 0 Å². The van der Waals surface area contributed by atoms with E-state index in [0.717, 1.165) is 11.8 Å². The zero-order valence-corrected chi connectivity index (χ0v) is 7.93. The van der Waals surface area contributed by atoms with Gasteiger partial charge in [-0.05, 0) is 38.5 Å². The summed E-state index contributed by atoms with van der Waals surface area (Å²) in [4.78, 5) is 0. The van der Waals surface area contributed by atoms with Gasteiger partial charge in [0.15, 0.2) is 0 Å². The van der Waals surface area contributed by atoms with E-state index in [-0.39, 0.29) is 6.61 Å². The maximum Gasteiger partial charge on any atom is 0.0402 e. The molecule has 1 nitrogen and oxygen atoms in total. The average Bonchev–Trinajstić information content (AvgIpc) is 1.85. The Morgan fingerprint density at radius 3 is 2.00 bits per heavy atom. The number of aliphatic hydroxyl groups is 1. The van der Waals surface area contributed by atoms with Gasteiger partial charge in [-0.1, -0.05) is 19.1 Å². The molecule has 0 amide bonds. The molecular formula is C10H20O. The number of aliphatic hydroxyl groups excluding tert-OH is 1. The minimum absolute atomic E-state index is 0.250. The first kappa shape index (κ1) is 10.7. The SMILES string of the molecule is C=C(C)C1CCC1C.CCO. The van der Waals surface area contributed by atoms with Crippen molar-refractivity contribution in [1.82, 2.24) is 0 Å². The molecule has 0 radical (unpaired) electrons. The van der Waals surface area contributed by atoms with Crippen LogP contribution in [0.1, 0.15) is 33.6 Å². The second-order valence-corrected chi connectivity index (χ2v) is 3.32. The Morgan fingerprint density at radius 2 is 2.00 bits per heavy atom. The lowest BCUT2D eigenvalue weighted by molar-refractivity contribution is 0.238. The van der Waals surface area contributed by atoms with Crippen LogP contribution in [0.2, 0.25) is 0 Å². The predicted molar refractivity (Wildman–Crippen MR) is 49.5 cm³/mol. The van der Waals surface area contributed by atoms with Crippen molar-refractivity contribution in [3.8, 4) is 0 Å². The third-order valence-electron chi connectivity index (χ3n) is 2.25. The monoisotopic (exact) mass is 156 g/mol. The highest BCUT2D eigenvalue weighted by Crippen LogP contribution is 2.37. The van der Waals surface area contributed by atoms with Crippen LogP contribution in [-0.2, 0) is 0 Å². The molecule has 1 aliphatic rings. The highest BCUT2D eigenvalue weighted by atomic mass is 16.2. The second kappa shape index (κ2) is 5.36. The summed E-state index contributed by atoms with van der Waals surface area (Å²) in [5.41, 5.74) is 1.38. The van der Waals surface area contributed by atoms with Crippen molar-refractivity contribution in [3.63, 3.8) is 0 Å². The normalized spacial score (nSPS) is 28.0. The Kier molecular flexibility index (Phi) is 5.22. The van der Waals surface area contributed by atoms with Crippen molar-refractivity contribution in [2.24, 2.45) is 11.8 Å². The summed E-state index contributed by atoms with van der Waals surface area (Å²) in [6.07, 6.45) is 2.80. The molecule has 1 fully saturated rings. The van der Waals surface area contributed by atoms with Crippen LogP contribution in [0.5, 0.6) is 0 Å². The Bertz CT molecular complexity index is 118. The molecule has 0 bridgehead atoms. The van der Waals surface area contributed by atoms with Crippen molar-refractivity contribution in [3.05, 3.63) is 12.2 Å². The molecule has 0 saturated heterocycles. The fourth-order valence-electron chi connectivity index (χ4n) is 1.40. The standard InChI is InChI=1S/C8H14.C2H6O/c1-6(2)8-5-4-7(8)3;1-2-3/h7-8H,1,4-5H2,2-3H3;3H,2H2,1H3. The lowest BCUT2D eigenvalue weighted by Gasteiger charge is -2.34. The molecule has 66 valence electrons. The zero-order valence-electron chi connectivity index (χ0n) is 7.93. The van der Waals surface area contributed by atoms with Gasteiger partial charge in [0.2, 0.25) is 0 Å². The van der Waals surface area contributed by atoms with Gasteiger partial charge < -0.3 is 5.11 Å². The number of hydrogen-bond donors (Lipinski definition) is 1. The van der Waals surface area contributed by atoms with E-state index in [1.165, 1.54) is 18.4 Å². The molecule has 1 N–H and O–H groups in total. The van der Waals surface area contributed by atoms with Crippen LogP contribution in [0, 0.1) is 11.8 Å². The number of allylic oxidation sites excluding steroid dienone is 1. The summed E-state index contributed by atoms with van der Waals surface area (Å²) in [7, 11) is 0. The molecule has 0 aromatic rings. The van der Waals surface area contributed by atoms with Gasteiger partial charge in [-0.3, -0.25) is 0 Å². The van der Waals surface area contributed by atoms with Gasteiger partial charge in [-0.15, -0.1) is 0 Å². The first-order valence-electron chi connectivity index (χ1n) is 4.39. The van der Waals surface area contributed by atoms with Gasteiger partial charge in [0, 0.05) is 6.61 Å². The molecular weight excluding hydrogens is 136 g/mol. The third kappa shape index (κ3) is 3.57. The highest BCUT2D eigenvalue weighted by Gasteiger charge is 2.26. The van der Waals surface area contributed by atoms with Gasteiger partial charge >= 0.3 is 0 Å². The van der Waals surface area contributed by atoms with Crippen molar-refractivity contribution in [1.29, 1.82) is 0 Å². The topological polar surface area (TPSA) is 20.2 Å². The molecule has 1 saturated carbocycles. The summed E-state index contributed by atoms with van der Waals surface area (Å²) >= 11 is 0. The van der Waals surface area contributed by atoms with Gasteiger partial charge in [-0.2, -0.15) is 0 Å². The van der Waals surface area contributed by atoms with Crippen LogP contribution in [0.15, 0.2) is 12.2 Å². The molecule has 2 unspecified atom stereocenters. The van der Waals surface area contributed by atoms with E-state index in [9.17, 15) is 0 Å². The molecule has 0 aromatic carbocycles. The molecule has 0 aromatic heterocycles. The number of hydrogen-bond acceptors (Lipinski definition) is 1. The molecule has 11 heavy (non-hydrogen) atoms. The molecule has 0 spiro atoms. The summed E-state index contributed by atoms with van der Waals surface area (Å²) in [6.45, 7) is 10.3. The molecule has 0 heterocycles. The van der Waals surface area contributed by atoms with E-state index in [0.29, 0.717) is 0 Å². The van der Waals surface area contributed by atoms with Crippen LogP contribution in [0.4, 0.5) is 0 Å². The minimum Gasteiger partial charge on any atom is -0.397 e. The van der Waals surface area contributed by atoms with Crippen molar-refractivity contribution in [2.75, 3.05) is 6.61 Å². The van der Waals surface area contributed by atoms with Crippen LogP contribution < -0.4 is 0 Å². The van der Waals surface area contributed by atoms with Gasteiger partial charge in [0.25, 0.3) is 0 Å². The lowest BCUT2D eigenvalue weighted by Crippen LogP contribution is -2.23. The third-order valence-corrected chi connectivity index (χ3v) is 2.25. The summed E-state index contributed by atoms with van der Waals surface area (Å²) in [5, 5.41) is 7.57. The van der Waals surface area contributed by atoms with Crippen molar-refractivity contribution < 1.29 is 5.11 Å². The summed E-state index contributed by atoms with van der Waals surface area (Å²) in [5.74, 6) is 1.78. The van der Waals surface area contributed by atoms with E-state index in [2.05, 4.69) is 20.4 Å². The molecule has 0 aliphatic heterocycles. The Hall–Kier alpha value is -0.300. The zero-order chi connectivity index (χ0) is 8.85. The molecule has 1 rings (SSSR count). The first-order chi connectivity index (χ1) is 5.13. The second-order valence-electron chi connectivity index (χ2n) is 3.32. The molecule has 1 heteroatoms. The predicted octanol–water partition coefficient (Wildman–Crippen LogP) is 2.61. The highest BCUT2D eigenvalue weighted by molar-refractivity contribution is 5.02. The van der Waals surface area contributed by atoms with Gasteiger partial charge in [-0.25, -0.2) is 0 Å². The largest absolute Gasteiger partial charge is 0.397 e. The molecule has 1 aliphatic carbocycles. The van der Waals surface area contributed by atoms with E-state index < -0.39 is 0 Å². The molecule has 2 atom stereocenters. The first-order valence-corrected chi connectivity index (χ1v) is 4.39. The van der Waals surface area contributed by atoms with E-state index in [1.54, 1.807) is 6.92 Å². The van der Waals surface area contributed by atoms with Crippen LogP contribution in [-0.4, -0.2) is 11.7 Å². The van der Waals surface area contributed by atoms with Crippen molar-refractivity contribution >= 4 is 0 Å². The Labute approximate surface area is 70.1 Å².